The molecule has 74 valence electrons. The van der Waals surface area contributed by atoms with E-state index in [0.717, 1.165) is 13.0 Å². The van der Waals surface area contributed by atoms with Gasteiger partial charge in [-0.3, -0.25) is 0 Å². The zero-order valence-corrected chi connectivity index (χ0v) is 9.03. The Labute approximate surface area is 82.4 Å². The minimum Gasteiger partial charge on any atom is -0.380 e. The molecule has 0 aliphatic rings. The molecule has 0 bridgehead atoms. The van der Waals surface area contributed by atoms with Gasteiger partial charge in [0, 0.05) is 13.6 Å². The fourth-order valence-electron chi connectivity index (χ4n) is 1.06. The molecule has 1 nitrogen and oxygen atoms in total. The molecular weight excluding hydrogens is 158 g/mol. The van der Waals surface area contributed by atoms with Crippen molar-refractivity contribution in [2.45, 2.75) is 20.3 Å². The predicted octanol–water partition coefficient (Wildman–Crippen LogP) is 3.22. The van der Waals surface area contributed by atoms with E-state index in [2.05, 4.69) is 49.6 Å². The predicted molar refractivity (Wildman–Crippen MR) is 60.6 cm³/mol. The molecule has 0 fully saturated rings. The topological polar surface area (TPSA) is 3.24 Å². The van der Waals surface area contributed by atoms with Gasteiger partial charge in [-0.15, -0.1) is 0 Å². The average molecular weight is 179 g/mol. The molecule has 0 aromatic heterocycles. The lowest BCUT2D eigenvalue weighted by molar-refractivity contribution is 0.411. The first-order valence-corrected chi connectivity index (χ1v) is 4.86. The number of hydrogen-bond donors (Lipinski definition) is 0. The summed E-state index contributed by atoms with van der Waals surface area (Å²) in [5, 5.41) is 0. The lowest BCUT2D eigenvalue weighted by Gasteiger charge is -2.15. The van der Waals surface area contributed by atoms with E-state index in [1.54, 1.807) is 0 Å². The Kier molecular flexibility index (Phi) is 7.08. The van der Waals surface area contributed by atoms with Crippen molar-refractivity contribution >= 4 is 0 Å². The van der Waals surface area contributed by atoms with Gasteiger partial charge in [-0.25, -0.2) is 0 Å². The molecule has 0 aromatic rings. The van der Waals surface area contributed by atoms with Gasteiger partial charge in [0.15, 0.2) is 0 Å². The molecular formula is C12H21N. The van der Waals surface area contributed by atoms with Crippen LogP contribution in [0.4, 0.5) is 0 Å². The van der Waals surface area contributed by atoms with Crippen LogP contribution in [0.1, 0.15) is 20.3 Å². The van der Waals surface area contributed by atoms with Crippen molar-refractivity contribution in [1.82, 2.24) is 4.90 Å². The molecule has 0 radical (unpaired) electrons. The quantitative estimate of drug-likeness (QED) is 0.566. The van der Waals surface area contributed by atoms with Crippen LogP contribution in [-0.2, 0) is 0 Å². The Balaban J connectivity index is 3.72. The van der Waals surface area contributed by atoms with Gasteiger partial charge in [0.25, 0.3) is 0 Å². The summed E-state index contributed by atoms with van der Waals surface area (Å²) in [6, 6.07) is 0. The van der Waals surface area contributed by atoms with Crippen molar-refractivity contribution in [3.63, 3.8) is 0 Å². The first kappa shape index (κ1) is 12.0. The molecule has 1 atom stereocenters. The van der Waals surface area contributed by atoms with E-state index >= 15 is 0 Å². The van der Waals surface area contributed by atoms with Crippen molar-refractivity contribution in [3.8, 4) is 0 Å². The van der Waals surface area contributed by atoms with E-state index in [1.807, 2.05) is 13.2 Å². The lowest BCUT2D eigenvalue weighted by Crippen LogP contribution is -2.16. The van der Waals surface area contributed by atoms with Crippen LogP contribution in [-0.4, -0.2) is 18.5 Å². The highest BCUT2D eigenvalue weighted by Crippen LogP contribution is 2.00. The number of hydrogen-bond acceptors (Lipinski definition) is 1. The Morgan fingerprint density at radius 1 is 1.38 bits per heavy atom. The number of allylic oxidation sites excluding steroid dienone is 3. The summed E-state index contributed by atoms with van der Waals surface area (Å²) in [6.45, 7) is 9.08. The number of rotatable bonds is 6. The Morgan fingerprint density at radius 3 is 2.62 bits per heavy atom. The smallest absolute Gasteiger partial charge is 0.0229 e. The Hall–Kier alpha value is -0.980. The van der Waals surface area contributed by atoms with Gasteiger partial charge < -0.3 is 4.90 Å². The van der Waals surface area contributed by atoms with Crippen LogP contribution >= 0.6 is 0 Å². The summed E-state index contributed by atoms with van der Waals surface area (Å²) in [5.74, 6) is 0.574. The van der Waals surface area contributed by atoms with E-state index in [0.29, 0.717) is 5.92 Å². The van der Waals surface area contributed by atoms with E-state index < -0.39 is 0 Å². The van der Waals surface area contributed by atoms with Crippen molar-refractivity contribution < 1.29 is 0 Å². The molecule has 0 saturated heterocycles. The third kappa shape index (κ3) is 7.38. The maximum absolute atomic E-state index is 3.71. The SMILES string of the molecule is C=CN(C)CC(C)/C=C\C=C/CC. The van der Waals surface area contributed by atoms with E-state index in [9.17, 15) is 0 Å². The van der Waals surface area contributed by atoms with Crippen molar-refractivity contribution in [3.05, 3.63) is 37.1 Å². The maximum Gasteiger partial charge on any atom is 0.0229 e. The van der Waals surface area contributed by atoms with Gasteiger partial charge in [0.1, 0.15) is 0 Å². The zero-order chi connectivity index (χ0) is 10.1. The van der Waals surface area contributed by atoms with Crippen LogP contribution in [0.25, 0.3) is 0 Å². The molecule has 1 unspecified atom stereocenters. The maximum atomic E-state index is 3.71. The molecule has 0 aliphatic heterocycles. The fraction of sp³-hybridized carbons (Fsp3) is 0.500. The zero-order valence-electron chi connectivity index (χ0n) is 9.03. The van der Waals surface area contributed by atoms with Gasteiger partial charge in [0.2, 0.25) is 0 Å². The average Bonchev–Trinajstić information content (AvgIpc) is 2.12. The summed E-state index contributed by atoms with van der Waals surface area (Å²) in [5.41, 5.74) is 0. The molecule has 0 spiro atoms. The fourth-order valence-corrected chi connectivity index (χ4v) is 1.06. The van der Waals surface area contributed by atoms with Gasteiger partial charge >= 0.3 is 0 Å². The third-order valence-corrected chi connectivity index (χ3v) is 1.81. The summed E-state index contributed by atoms with van der Waals surface area (Å²) in [6.07, 6.45) is 11.5. The number of nitrogens with zero attached hydrogens (tertiary/aromatic N) is 1. The van der Waals surface area contributed by atoms with Crippen LogP contribution in [0.5, 0.6) is 0 Å². The van der Waals surface area contributed by atoms with Gasteiger partial charge in [-0.05, 0) is 18.5 Å². The van der Waals surface area contributed by atoms with Crippen LogP contribution < -0.4 is 0 Å². The molecule has 0 rings (SSSR count). The van der Waals surface area contributed by atoms with Crippen molar-refractivity contribution in [2.24, 2.45) is 5.92 Å². The highest BCUT2D eigenvalue weighted by molar-refractivity contribution is 5.03. The van der Waals surface area contributed by atoms with Crippen LogP contribution in [0.3, 0.4) is 0 Å². The van der Waals surface area contributed by atoms with Crippen molar-refractivity contribution in [1.29, 1.82) is 0 Å². The summed E-state index contributed by atoms with van der Waals surface area (Å²) < 4.78 is 0. The van der Waals surface area contributed by atoms with Crippen LogP contribution in [0, 0.1) is 5.92 Å². The summed E-state index contributed by atoms with van der Waals surface area (Å²) in [7, 11) is 2.04. The van der Waals surface area contributed by atoms with Gasteiger partial charge in [-0.1, -0.05) is 44.7 Å². The minimum atomic E-state index is 0.574. The molecule has 0 aromatic carbocycles. The van der Waals surface area contributed by atoms with Gasteiger partial charge in [-0.2, -0.15) is 0 Å². The van der Waals surface area contributed by atoms with Crippen LogP contribution in [0.15, 0.2) is 37.1 Å². The second-order valence-electron chi connectivity index (χ2n) is 3.32. The first-order chi connectivity index (χ1) is 6.20. The van der Waals surface area contributed by atoms with E-state index in [4.69, 9.17) is 0 Å². The van der Waals surface area contributed by atoms with E-state index in [-0.39, 0.29) is 0 Å². The van der Waals surface area contributed by atoms with E-state index in [1.165, 1.54) is 0 Å². The molecule has 0 heterocycles. The standard InChI is InChI=1S/C12H21N/c1-5-7-8-9-10-12(3)11-13(4)6-2/h6-10,12H,2,5,11H2,1,3-4H3/b8-7-,10-9-. The molecule has 13 heavy (non-hydrogen) atoms. The Bertz CT molecular complexity index is 180. The molecule has 0 saturated carbocycles. The highest BCUT2D eigenvalue weighted by atomic mass is 15.1. The first-order valence-electron chi connectivity index (χ1n) is 4.86. The van der Waals surface area contributed by atoms with Crippen molar-refractivity contribution in [2.75, 3.05) is 13.6 Å². The Morgan fingerprint density at radius 2 is 2.08 bits per heavy atom. The van der Waals surface area contributed by atoms with Gasteiger partial charge in [0.05, 0.1) is 0 Å². The lowest BCUT2D eigenvalue weighted by atomic mass is 10.1. The monoisotopic (exact) mass is 179 g/mol. The molecule has 0 amide bonds. The second kappa shape index (κ2) is 7.66. The highest BCUT2D eigenvalue weighted by Gasteiger charge is 1.97. The summed E-state index contributed by atoms with van der Waals surface area (Å²) in [4.78, 5) is 2.10. The van der Waals surface area contributed by atoms with Crippen LogP contribution in [0.2, 0.25) is 0 Å². The molecule has 1 heteroatoms. The second-order valence-corrected chi connectivity index (χ2v) is 3.32. The minimum absolute atomic E-state index is 0.574. The molecule has 0 N–H and O–H groups in total. The molecule has 0 aliphatic carbocycles. The summed E-state index contributed by atoms with van der Waals surface area (Å²) >= 11 is 0. The normalized spacial score (nSPS) is 13.8. The largest absolute Gasteiger partial charge is 0.380 e. The third-order valence-electron chi connectivity index (χ3n) is 1.81.